The molecule has 2 heterocycles. The molecule has 0 spiro atoms. The van der Waals surface area contributed by atoms with Gasteiger partial charge in [0.05, 0.1) is 29.7 Å². The lowest BCUT2D eigenvalue weighted by Gasteiger charge is -2.15. The first-order valence-corrected chi connectivity index (χ1v) is 8.30. The number of carbonyl (C=O) groups excluding carboxylic acids is 1. The maximum Gasteiger partial charge on any atom is 0.250 e. The van der Waals surface area contributed by atoms with E-state index in [0.29, 0.717) is 11.6 Å². The second-order valence-electron chi connectivity index (χ2n) is 5.97. The van der Waals surface area contributed by atoms with Gasteiger partial charge in [0.2, 0.25) is 5.91 Å². The first kappa shape index (κ1) is 16.8. The normalized spacial score (nSPS) is 12.0. The van der Waals surface area contributed by atoms with E-state index in [1.54, 1.807) is 17.1 Å². The Hall–Kier alpha value is -3.02. The van der Waals surface area contributed by atoms with Gasteiger partial charge in [-0.2, -0.15) is 5.10 Å². The highest BCUT2D eigenvalue weighted by Gasteiger charge is 2.18. The predicted octanol–water partition coefficient (Wildman–Crippen LogP) is 3.41. The molecule has 0 saturated carbocycles. The predicted molar refractivity (Wildman–Crippen MR) is 96.7 cm³/mol. The zero-order valence-corrected chi connectivity index (χ0v) is 14.6. The smallest absolute Gasteiger partial charge is 0.250 e. The standard InChI is InChI=1S/C19H21N5O/c1-4-17(15-8-6-5-7-9-15)18(25)22-16-11-20-19(21-12-16)24-14(3)10-13(2)23-24/h5-12,17H,4H2,1-3H3,(H,22,25). The van der Waals surface area contributed by atoms with Crippen molar-refractivity contribution in [2.24, 2.45) is 0 Å². The lowest BCUT2D eigenvalue weighted by molar-refractivity contribution is -0.117. The van der Waals surface area contributed by atoms with Gasteiger partial charge in [0.1, 0.15) is 0 Å². The van der Waals surface area contributed by atoms with Crippen LogP contribution >= 0.6 is 0 Å². The first-order valence-electron chi connectivity index (χ1n) is 8.30. The lowest BCUT2D eigenvalue weighted by atomic mass is 9.95. The number of aromatic nitrogens is 4. The second kappa shape index (κ2) is 7.25. The van der Waals surface area contributed by atoms with E-state index in [1.807, 2.05) is 57.2 Å². The fourth-order valence-electron chi connectivity index (χ4n) is 2.81. The third kappa shape index (κ3) is 3.74. The number of rotatable bonds is 5. The average Bonchev–Trinajstić information content (AvgIpc) is 2.95. The van der Waals surface area contributed by atoms with Crippen LogP contribution in [0.5, 0.6) is 0 Å². The maximum absolute atomic E-state index is 12.6. The number of nitrogens with one attached hydrogen (secondary N) is 1. The minimum atomic E-state index is -0.197. The third-order valence-electron chi connectivity index (χ3n) is 4.03. The van der Waals surface area contributed by atoms with Crippen LogP contribution in [-0.4, -0.2) is 25.7 Å². The summed E-state index contributed by atoms with van der Waals surface area (Å²) < 4.78 is 1.68. The summed E-state index contributed by atoms with van der Waals surface area (Å²) in [5, 5.41) is 7.25. The molecule has 0 saturated heterocycles. The van der Waals surface area contributed by atoms with E-state index in [4.69, 9.17) is 0 Å². The van der Waals surface area contributed by atoms with E-state index < -0.39 is 0 Å². The molecule has 1 N–H and O–H groups in total. The second-order valence-corrected chi connectivity index (χ2v) is 5.97. The van der Waals surface area contributed by atoms with Crippen molar-refractivity contribution in [2.45, 2.75) is 33.1 Å². The Morgan fingerprint density at radius 2 is 1.84 bits per heavy atom. The Morgan fingerprint density at radius 1 is 1.16 bits per heavy atom. The van der Waals surface area contributed by atoms with Crippen LogP contribution in [0.2, 0.25) is 0 Å². The molecule has 1 atom stereocenters. The molecule has 128 valence electrons. The number of hydrogen-bond acceptors (Lipinski definition) is 4. The molecule has 1 aromatic carbocycles. The van der Waals surface area contributed by atoms with Gasteiger partial charge in [0.15, 0.2) is 0 Å². The number of amides is 1. The average molecular weight is 335 g/mol. The molecule has 25 heavy (non-hydrogen) atoms. The number of nitrogens with zero attached hydrogens (tertiary/aromatic N) is 4. The van der Waals surface area contributed by atoms with E-state index in [1.165, 1.54) is 0 Å². The molecule has 0 radical (unpaired) electrons. The Labute approximate surface area is 146 Å². The summed E-state index contributed by atoms with van der Waals surface area (Å²) >= 11 is 0. The highest BCUT2D eigenvalue weighted by molar-refractivity contribution is 5.95. The summed E-state index contributed by atoms with van der Waals surface area (Å²) in [5.74, 6) is 0.228. The van der Waals surface area contributed by atoms with Gasteiger partial charge in [-0.3, -0.25) is 4.79 Å². The summed E-state index contributed by atoms with van der Waals surface area (Å²) in [5.41, 5.74) is 3.45. The number of benzene rings is 1. The van der Waals surface area contributed by atoms with Gasteiger partial charge in [-0.1, -0.05) is 37.3 Å². The molecule has 6 nitrogen and oxygen atoms in total. The molecule has 1 unspecified atom stereocenters. The van der Waals surface area contributed by atoms with Gasteiger partial charge in [0, 0.05) is 5.69 Å². The van der Waals surface area contributed by atoms with E-state index in [2.05, 4.69) is 20.4 Å². The maximum atomic E-state index is 12.6. The van der Waals surface area contributed by atoms with Gasteiger partial charge in [-0.15, -0.1) is 0 Å². The fraction of sp³-hybridized carbons (Fsp3) is 0.263. The van der Waals surface area contributed by atoms with Crippen molar-refractivity contribution >= 4 is 11.6 Å². The van der Waals surface area contributed by atoms with Crippen LogP contribution in [0.3, 0.4) is 0 Å². The van der Waals surface area contributed by atoms with Crippen LogP contribution in [0.25, 0.3) is 5.95 Å². The van der Waals surface area contributed by atoms with Crippen molar-refractivity contribution < 1.29 is 4.79 Å². The van der Waals surface area contributed by atoms with Crippen molar-refractivity contribution in [2.75, 3.05) is 5.32 Å². The van der Waals surface area contributed by atoms with Gasteiger partial charge in [-0.05, 0) is 31.9 Å². The van der Waals surface area contributed by atoms with Gasteiger partial charge in [0.25, 0.3) is 5.95 Å². The summed E-state index contributed by atoms with van der Waals surface area (Å²) in [4.78, 5) is 21.2. The van der Waals surface area contributed by atoms with Crippen LogP contribution in [-0.2, 0) is 4.79 Å². The molecule has 3 rings (SSSR count). The highest BCUT2D eigenvalue weighted by atomic mass is 16.1. The SMILES string of the molecule is CCC(C(=O)Nc1cnc(-n2nc(C)cc2C)nc1)c1ccccc1. The van der Waals surface area contributed by atoms with Crippen LogP contribution < -0.4 is 5.32 Å². The fourth-order valence-corrected chi connectivity index (χ4v) is 2.81. The summed E-state index contributed by atoms with van der Waals surface area (Å²) in [6, 6.07) is 11.7. The number of carbonyl (C=O) groups is 1. The van der Waals surface area contributed by atoms with E-state index in [0.717, 1.165) is 23.4 Å². The topological polar surface area (TPSA) is 72.7 Å². The Balaban J connectivity index is 1.74. The van der Waals surface area contributed by atoms with Crippen LogP contribution in [0.4, 0.5) is 5.69 Å². The highest BCUT2D eigenvalue weighted by Crippen LogP contribution is 2.21. The van der Waals surface area contributed by atoms with E-state index in [9.17, 15) is 4.79 Å². The number of hydrogen-bond donors (Lipinski definition) is 1. The Morgan fingerprint density at radius 3 is 2.40 bits per heavy atom. The molecule has 6 heteroatoms. The number of aryl methyl sites for hydroxylation is 2. The monoisotopic (exact) mass is 335 g/mol. The van der Waals surface area contributed by atoms with Crippen LogP contribution in [0.15, 0.2) is 48.8 Å². The minimum Gasteiger partial charge on any atom is -0.323 e. The summed E-state index contributed by atoms with van der Waals surface area (Å²) in [6.45, 7) is 5.87. The van der Waals surface area contributed by atoms with Crippen molar-refractivity contribution in [1.29, 1.82) is 0 Å². The van der Waals surface area contributed by atoms with Crippen LogP contribution in [0, 0.1) is 13.8 Å². The van der Waals surface area contributed by atoms with Gasteiger partial charge in [-0.25, -0.2) is 14.6 Å². The summed E-state index contributed by atoms with van der Waals surface area (Å²) in [6.07, 6.45) is 3.93. The van der Waals surface area contributed by atoms with Crippen molar-refractivity contribution in [1.82, 2.24) is 19.7 Å². The van der Waals surface area contributed by atoms with E-state index >= 15 is 0 Å². The Bertz CT molecular complexity index is 855. The quantitative estimate of drug-likeness (QED) is 0.775. The van der Waals surface area contributed by atoms with Crippen molar-refractivity contribution in [3.8, 4) is 5.95 Å². The first-order chi connectivity index (χ1) is 12.1. The van der Waals surface area contributed by atoms with Crippen LogP contribution in [0.1, 0.15) is 36.2 Å². The van der Waals surface area contributed by atoms with Crippen molar-refractivity contribution in [3.05, 3.63) is 65.7 Å². The van der Waals surface area contributed by atoms with Crippen molar-refractivity contribution in [3.63, 3.8) is 0 Å². The molecule has 2 aromatic heterocycles. The molecule has 3 aromatic rings. The Kier molecular flexibility index (Phi) is 4.88. The minimum absolute atomic E-state index is 0.0591. The zero-order valence-electron chi connectivity index (χ0n) is 14.6. The third-order valence-corrected chi connectivity index (χ3v) is 4.03. The molecular weight excluding hydrogens is 314 g/mol. The number of anilines is 1. The molecule has 0 aliphatic heterocycles. The molecule has 0 aliphatic rings. The molecule has 0 bridgehead atoms. The van der Waals surface area contributed by atoms with Gasteiger partial charge < -0.3 is 5.32 Å². The zero-order chi connectivity index (χ0) is 17.8. The molecule has 0 aliphatic carbocycles. The molecular formula is C19H21N5O. The summed E-state index contributed by atoms with van der Waals surface area (Å²) in [7, 11) is 0. The molecule has 1 amide bonds. The van der Waals surface area contributed by atoms with Gasteiger partial charge >= 0.3 is 0 Å². The lowest BCUT2D eigenvalue weighted by Crippen LogP contribution is -2.21. The largest absolute Gasteiger partial charge is 0.323 e. The molecule has 0 fully saturated rings. The van der Waals surface area contributed by atoms with E-state index in [-0.39, 0.29) is 11.8 Å².